The summed E-state index contributed by atoms with van der Waals surface area (Å²) in [6.07, 6.45) is 10.3. The topological polar surface area (TPSA) is 48.3 Å². The Morgan fingerprint density at radius 3 is 2.38 bits per heavy atom. The highest BCUT2D eigenvalue weighted by atomic mass is 35.5. The van der Waals surface area contributed by atoms with Gasteiger partial charge < -0.3 is 4.84 Å². The molecule has 1 heterocycles. The van der Waals surface area contributed by atoms with Gasteiger partial charge in [0.05, 0.1) is 10.0 Å². The number of hydrogen-bond donors (Lipinski definition) is 0. The van der Waals surface area contributed by atoms with Crippen molar-refractivity contribution in [1.29, 1.82) is 0 Å². The molecule has 0 aliphatic rings. The number of Topliss-reactive ketones (excluding diaryl/α,β-unsaturated/α-hetero) is 1. The van der Waals surface area contributed by atoms with E-state index in [1.165, 1.54) is 4.73 Å². The van der Waals surface area contributed by atoms with Crippen LogP contribution in [0.5, 0.6) is 0 Å². The highest BCUT2D eigenvalue weighted by Gasteiger charge is 2.22. The highest BCUT2D eigenvalue weighted by Crippen LogP contribution is 2.27. The molecule has 4 nitrogen and oxygen atoms in total. The lowest BCUT2D eigenvalue weighted by atomic mass is 9.98. The predicted molar refractivity (Wildman–Crippen MR) is 118 cm³/mol. The van der Waals surface area contributed by atoms with Gasteiger partial charge >= 0.3 is 0 Å². The molecule has 1 aromatic carbocycles. The van der Waals surface area contributed by atoms with E-state index in [-0.39, 0.29) is 6.61 Å². The molecule has 0 spiro atoms. The fourth-order valence-corrected chi connectivity index (χ4v) is 3.77. The van der Waals surface area contributed by atoms with E-state index in [0.29, 0.717) is 22.0 Å². The van der Waals surface area contributed by atoms with Gasteiger partial charge in [-0.2, -0.15) is 4.73 Å². The fourth-order valence-electron chi connectivity index (χ4n) is 3.39. The second kappa shape index (κ2) is 12.0. The third kappa shape index (κ3) is 6.35. The van der Waals surface area contributed by atoms with E-state index in [2.05, 4.69) is 13.8 Å². The summed E-state index contributed by atoms with van der Waals surface area (Å²) in [6, 6.07) is 5.33. The van der Waals surface area contributed by atoms with Gasteiger partial charge in [0, 0.05) is 11.8 Å². The summed E-state index contributed by atoms with van der Waals surface area (Å²) < 4.78 is 1.45. The molecule has 0 saturated heterocycles. The lowest BCUT2D eigenvalue weighted by molar-refractivity contribution is -0.104. The first-order valence-corrected chi connectivity index (χ1v) is 11.1. The summed E-state index contributed by atoms with van der Waals surface area (Å²) in [5, 5.41) is 0.876. The first-order valence-electron chi connectivity index (χ1n) is 10.3. The maximum atomic E-state index is 12.4. The molecule has 0 aliphatic heterocycles. The third-order valence-electron chi connectivity index (χ3n) is 4.98. The van der Waals surface area contributed by atoms with Crippen molar-refractivity contribution in [3.05, 3.63) is 56.8 Å². The van der Waals surface area contributed by atoms with Gasteiger partial charge in [0.2, 0.25) is 5.78 Å². The Balaban J connectivity index is 2.34. The second-order valence-corrected chi connectivity index (χ2v) is 7.98. The Hall–Kier alpha value is -1.78. The van der Waals surface area contributed by atoms with Crippen molar-refractivity contribution >= 4 is 35.3 Å². The molecule has 2 rings (SSSR count). The van der Waals surface area contributed by atoms with Crippen molar-refractivity contribution < 1.29 is 14.4 Å². The van der Waals surface area contributed by atoms with E-state index >= 15 is 0 Å². The van der Waals surface area contributed by atoms with Gasteiger partial charge in [0.25, 0.3) is 0 Å². The Bertz CT molecular complexity index is 830. The SMILES string of the molecule is CCCCCc1cn(OCc2cccc(Cl)c2Cl)c(C(=O)C=O)c1CCCCC. The number of aldehydes is 1. The number of rotatable bonds is 13. The second-order valence-electron chi connectivity index (χ2n) is 7.19. The van der Waals surface area contributed by atoms with Gasteiger partial charge in [0.15, 0.2) is 6.29 Å². The molecule has 6 heteroatoms. The first-order chi connectivity index (χ1) is 14.0. The minimum Gasteiger partial charge on any atom is -0.409 e. The van der Waals surface area contributed by atoms with Gasteiger partial charge in [-0.25, -0.2) is 0 Å². The van der Waals surface area contributed by atoms with E-state index in [9.17, 15) is 9.59 Å². The Morgan fingerprint density at radius 1 is 1.03 bits per heavy atom. The van der Waals surface area contributed by atoms with Crippen molar-refractivity contribution in [3.63, 3.8) is 0 Å². The molecule has 0 N–H and O–H groups in total. The molecule has 0 radical (unpaired) electrons. The Labute approximate surface area is 183 Å². The number of carbonyl (C=O) groups excluding carboxylic acids is 2. The highest BCUT2D eigenvalue weighted by molar-refractivity contribution is 6.42. The lowest BCUT2D eigenvalue weighted by Crippen LogP contribution is -2.18. The molecule has 0 amide bonds. The number of hydrogen-bond acceptors (Lipinski definition) is 3. The number of halogens is 2. The van der Waals surface area contributed by atoms with Crippen LogP contribution in [-0.2, 0) is 24.2 Å². The van der Waals surface area contributed by atoms with Crippen LogP contribution >= 0.6 is 23.2 Å². The number of carbonyl (C=O) groups is 2. The molecular weight excluding hydrogens is 409 g/mol. The zero-order valence-corrected chi connectivity index (χ0v) is 18.7. The summed E-state index contributed by atoms with van der Waals surface area (Å²) >= 11 is 12.3. The van der Waals surface area contributed by atoms with Crippen molar-refractivity contribution in [2.75, 3.05) is 0 Å². The van der Waals surface area contributed by atoms with Crippen LogP contribution in [0, 0.1) is 0 Å². The maximum Gasteiger partial charge on any atom is 0.245 e. The predicted octanol–water partition coefficient (Wildman–Crippen LogP) is 6.27. The minimum absolute atomic E-state index is 0.149. The van der Waals surface area contributed by atoms with Crippen LogP contribution in [0.4, 0.5) is 0 Å². The van der Waals surface area contributed by atoms with Gasteiger partial charge in [-0.15, -0.1) is 0 Å². The summed E-state index contributed by atoms with van der Waals surface area (Å²) in [5.74, 6) is -0.560. The number of nitrogens with zero attached hydrogens (tertiary/aromatic N) is 1. The van der Waals surface area contributed by atoms with Crippen LogP contribution in [0.25, 0.3) is 0 Å². The quantitative estimate of drug-likeness (QED) is 0.160. The molecule has 2 aromatic rings. The van der Waals surface area contributed by atoms with Gasteiger partial charge in [-0.1, -0.05) is 74.9 Å². The molecule has 0 unspecified atom stereocenters. The van der Waals surface area contributed by atoms with Gasteiger partial charge in [-0.3, -0.25) is 9.59 Å². The molecule has 0 atom stereocenters. The van der Waals surface area contributed by atoms with Crippen molar-refractivity contribution in [2.24, 2.45) is 0 Å². The van der Waals surface area contributed by atoms with E-state index in [1.54, 1.807) is 12.1 Å². The van der Waals surface area contributed by atoms with Crippen LogP contribution in [0.2, 0.25) is 10.0 Å². The van der Waals surface area contributed by atoms with E-state index in [0.717, 1.165) is 68.1 Å². The first kappa shape index (κ1) is 23.5. The standard InChI is InChI=1S/C23H29Cl2NO3/c1-3-5-7-10-17-14-26(29-16-18-11-9-13-20(24)22(18)25)23(21(28)15-27)19(17)12-8-6-4-2/h9,11,13-15H,3-8,10,12,16H2,1-2H3. The van der Waals surface area contributed by atoms with Crippen LogP contribution in [-0.4, -0.2) is 16.8 Å². The van der Waals surface area contributed by atoms with E-state index in [4.69, 9.17) is 28.0 Å². The monoisotopic (exact) mass is 437 g/mol. The van der Waals surface area contributed by atoms with Crippen LogP contribution in [0.1, 0.15) is 79.6 Å². The summed E-state index contributed by atoms with van der Waals surface area (Å²) in [6.45, 7) is 4.45. The zero-order chi connectivity index (χ0) is 21.2. The number of aromatic nitrogens is 1. The lowest BCUT2D eigenvalue weighted by Gasteiger charge is -2.12. The van der Waals surface area contributed by atoms with Crippen molar-refractivity contribution in [1.82, 2.24) is 4.73 Å². The maximum absolute atomic E-state index is 12.4. The number of ketones is 1. The molecule has 0 aliphatic carbocycles. The number of aryl methyl sites for hydroxylation is 1. The average Bonchev–Trinajstić information content (AvgIpc) is 3.06. The molecule has 0 bridgehead atoms. The van der Waals surface area contributed by atoms with Gasteiger partial charge in [-0.05, 0) is 42.9 Å². The summed E-state index contributed by atoms with van der Waals surface area (Å²) in [4.78, 5) is 29.7. The van der Waals surface area contributed by atoms with Crippen molar-refractivity contribution in [3.8, 4) is 0 Å². The van der Waals surface area contributed by atoms with Crippen molar-refractivity contribution in [2.45, 2.75) is 71.8 Å². The normalized spacial score (nSPS) is 10.9. The minimum atomic E-state index is -0.560. The molecule has 1 aromatic heterocycles. The smallest absolute Gasteiger partial charge is 0.245 e. The zero-order valence-electron chi connectivity index (χ0n) is 17.2. The van der Waals surface area contributed by atoms with Crippen LogP contribution < -0.4 is 4.84 Å². The molecule has 29 heavy (non-hydrogen) atoms. The largest absolute Gasteiger partial charge is 0.409 e. The molecule has 158 valence electrons. The average molecular weight is 438 g/mol. The summed E-state index contributed by atoms with van der Waals surface area (Å²) in [7, 11) is 0. The Morgan fingerprint density at radius 2 is 1.72 bits per heavy atom. The number of unbranched alkanes of at least 4 members (excludes halogenated alkanes) is 4. The molecular formula is C23H29Cl2NO3. The van der Waals surface area contributed by atoms with Crippen LogP contribution in [0.3, 0.4) is 0 Å². The summed E-state index contributed by atoms with van der Waals surface area (Å²) in [5.41, 5.74) is 3.07. The number of benzene rings is 1. The van der Waals surface area contributed by atoms with Gasteiger partial charge in [0.1, 0.15) is 12.3 Å². The Kier molecular flexibility index (Phi) is 9.75. The fraction of sp³-hybridized carbons (Fsp3) is 0.478. The van der Waals surface area contributed by atoms with E-state index < -0.39 is 5.78 Å². The van der Waals surface area contributed by atoms with Crippen LogP contribution in [0.15, 0.2) is 24.4 Å². The third-order valence-corrected chi connectivity index (χ3v) is 5.84. The molecule has 0 saturated carbocycles. The van der Waals surface area contributed by atoms with E-state index in [1.807, 2.05) is 12.3 Å². The molecule has 0 fully saturated rings.